The Bertz CT molecular complexity index is 612. The van der Waals surface area contributed by atoms with Gasteiger partial charge in [0.2, 0.25) is 0 Å². The van der Waals surface area contributed by atoms with Gasteiger partial charge >= 0.3 is 0 Å². The Kier molecular flexibility index (Phi) is 11.5. The van der Waals surface area contributed by atoms with E-state index >= 15 is 0 Å². The molecular weight excluding hydrogens is 376 g/mol. The molecule has 1 aromatic rings. The van der Waals surface area contributed by atoms with E-state index in [1.807, 2.05) is 12.1 Å². The molecule has 0 radical (unpaired) electrons. The highest BCUT2D eigenvalue weighted by atomic mass is 28.4. The Morgan fingerprint density at radius 3 is 2.24 bits per heavy atom. The van der Waals surface area contributed by atoms with Crippen molar-refractivity contribution in [2.45, 2.75) is 84.2 Å². The van der Waals surface area contributed by atoms with Crippen LogP contribution in [0.4, 0.5) is 0 Å². The molecule has 0 saturated heterocycles. The summed E-state index contributed by atoms with van der Waals surface area (Å²) in [4.78, 5) is 0. The van der Waals surface area contributed by atoms with Crippen LogP contribution in [0.3, 0.4) is 0 Å². The van der Waals surface area contributed by atoms with Gasteiger partial charge in [0.25, 0.3) is 0 Å². The fraction of sp³-hybridized carbons (Fsp3) is 0.600. The minimum Gasteiger partial charge on any atom is -0.497 e. The van der Waals surface area contributed by atoms with Crippen LogP contribution in [-0.4, -0.2) is 28.1 Å². The second-order valence-electron chi connectivity index (χ2n) is 9.01. The molecule has 0 N–H and O–H groups in total. The molecule has 0 aliphatic heterocycles. The minimum absolute atomic E-state index is 0.207. The van der Waals surface area contributed by atoms with Crippen molar-refractivity contribution < 1.29 is 13.9 Å². The van der Waals surface area contributed by atoms with Gasteiger partial charge in [0.15, 0.2) is 8.32 Å². The van der Waals surface area contributed by atoms with Crippen LogP contribution in [0.15, 0.2) is 48.6 Å². The Balaban J connectivity index is 2.56. The molecule has 164 valence electrons. The molecule has 0 aliphatic carbocycles. The van der Waals surface area contributed by atoms with E-state index in [1.165, 1.54) is 0 Å². The normalized spacial score (nSPS) is 14.0. The van der Waals surface area contributed by atoms with E-state index in [9.17, 15) is 0 Å². The molecule has 0 fully saturated rings. The quantitative estimate of drug-likeness (QED) is 0.191. The Hall–Kier alpha value is -1.36. The SMILES string of the molecule is CC/C=C\C/C=C\C[C@@H](CCOCc1ccc(OC)cc1)O[Si](C)(C)C(C)(C)C. The first-order chi connectivity index (χ1) is 13.7. The van der Waals surface area contributed by atoms with Crippen molar-refractivity contribution in [1.29, 1.82) is 0 Å². The van der Waals surface area contributed by atoms with Gasteiger partial charge in [-0.25, -0.2) is 0 Å². The van der Waals surface area contributed by atoms with Gasteiger partial charge in [-0.15, -0.1) is 0 Å². The Labute approximate surface area is 180 Å². The lowest BCUT2D eigenvalue weighted by Gasteiger charge is -2.39. The van der Waals surface area contributed by atoms with E-state index < -0.39 is 8.32 Å². The summed E-state index contributed by atoms with van der Waals surface area (Å²) in [7, 11) is -0.118. The van der Waals surface area contributed by atoms with Crippen molar-refractivity contribution in [3.05, 3.63) is 54.1 Å². The summed E-state index contributed by atoms with van der Waals surface area (Å²) in [6, 6.07) is 8.05. The zero-order chi connectivity index (χ0) is 21.8. The molecule has 3 nitrogen and oxygen atoms in total. The third-order valence-corrected chi connectivity index (χ3v) is 10.1. The second kappa shape index (κ2) is 13.0. The third-order valence-electron chi connectivity index (χ3n) is 5.52. The van der Waals surface area contributed by atoms with E-state index in [1.54, 1.807) is 7.11 Å². The van der Waals surface area contributed by atoms with Gasteiger partial charge in [0.1, 0.15) is 5.75 Å². The lowest BCUT2D eigenvalue weighted by Crippen LogP contribution is -2.44. The maximum Gasteiger partial charge on any atom is 0.192 e. The molecule has 1 atom stereocenters. The molecule has 0 spiro atoms. The van der Waals surface area contributed by atoms with Crippen LogP contribution in [0.5, 0.6) is 5.75 Å². The van der Waals surface area contributed by atoms with Crippen molar-refractivity contribution in [3.63, 3.8) is 0 Å². The molecule has 0 unspecified atom stereocenters. The van der Waals surface area contributed by atoms with Gasteiger partial charge in [-0.3, -0.25) is 0 Å². The highest BCUT2D eigenvalue weighted by Gasteiger charge is 2.38. The van der Waals surface area contributed by atoms with Crippen LogP contribution < -0.4 is 4.74 Å². The first-order valence-electron chi connectivity index (χ1n) is 10.9. The predicted molar refractivity (Wildman–Crippen MR) is 127 cm³/mol. The summed E-state index contributed by atoms with van der Waals surface area (Å²) < 4.78 is 17.8. The van der Waals surface area contributed by atoms with Gasteiger partial charge in [-0.2, -0.15) is 0 Å². The maximum absolute atomic E-state index is 6.69. The van der Waals surface area contributed by atoms with E-state index in [0.29, 0.717) is 13.2 Å². The molecule has 4 heteroatoms. The standard InChI is InChI=1S/C25H42O3Si/c1-8-9-10-11-12-13-14-24(28-29(6,7)25(2,3)4)19-20-27-21-22-15-17-23(26-5)18-16-22/h9-10,12-13,15-18,24H,8,11,14,19-21H2,1-7H3/b10-9-,13-12-/t24-/m0/s1. The van der Waals surface area contributed by atoms with Crippen LogP contribution in [0.1, 0.15) is 58.9 Å². The highest BCUT2D eigenvalue weighted by molar-refractivity contribution is 6.74. The molecule has 0 saturated carbocycles. The average Bonchev–Trinajstić information content (AvgIpc) is 2.67. The highest BCUT2D eigenvalue weighted by Crippen LogP contribution is 2.38. The van der Waals surface area contributed by atoms with Crippen LogP contribution >= 0.6 is 0 Å². The lowest BCUT2D eigenvalue weighted by atomic mass is 10.1. The van der Waals surface area contributed by atoms with Gasteiger partial charge in [0.05, 0.1) is 19.8 Å². The summed E-state index contributed by atoms with van der Waals surface area (Å²) in [5.74, 6) is 0.872. The van der Waals surface area contributed by atoms with E-state index in [2.05, 4.69) is 77.2 Å². The third kappa shape index (κ3) is 10.3. The number of hydrogen-bond donors (Lipinski definition) is 0. The summed E-state index contributed by atoms with van der Waals surface area (Å²) in [5.41, 5.74) is 1.16. The number of benzene rings is 1. The molecule has 29 heavy (non-hydrogen) atoms. The first kappa shape index (κ1) is 25.7. The molecule has 0 bridgehead atoms. The molecular formula is C25H42O3Si. The van der Waals surface area contributed by atoms with Crippen LogP contribution in [-0.2, 0) is 15.8 Å². The summed E-state index contributed by atoms with van der Waals surface area (Å²) in [5, 5.41) is 0.211. The average molecular weight is 419 g/mol. The molecule has 0 aromatic heterocycles. The van der Waals surface area contributed by atoms with E-state index in [0.717, 1.165) is 37.0 Å². The summed E-state index contributed by atoms with van der Waals surface area (Å²) in [6.07, 6.45) is 13.1. The van der Waals surface area contributed by atoms with E-state index in [-0.39, 0.29) is 11.1 Å². The van der Waals surface area contributed by atoms with Crippen molar-refractivity contribution in [1.82, 2.24) is 0 Å². The molecule has 0 aliphatic rings. The molecule has 1 aromatic carbocycles. The van der Waals surface area contributed by atoms with Crippen molar-refractivity contribution in [2.24, 2.45) is 0 Å². The molecule has 0 heterocycles. The smallest absolute Gasteiger partial charge is 0.192 e. The first-order valence-corrected chi connectivity index (χ1v) is 13.8. The largest absolute Gasteiger partial charge is 0.497 e. The van der Waals surface area contributed by atoms with Crippen molar-refractivity contribution in [3.8, 4) is 5.75 Å². The lowest BCUT2D eigenvalue weighted by molar-refractivity contribution is 0.0783. The zero-order valence-corrected chi connectivity index (χ0v) is 20.7. The predicted octanol–water partition coefficient (Wildman–Crippen LogP) is 7.29. The van der Waals surface area contributed by atoms with Gasteiger partial charge in [-0.1, -0.05) is 64.1 Å². The number of rotatable bonds is 13. The van der Waals surface area contributed by atoms with Gasteiger partial charge < -0.3 is 13.9 Å². The number of methoxy groups -OCH3 is 1. The molecule has 1 rings (SSSR count). The Morgan fingerprint density at radius 1 is 1.00 bits per heavy atom. The Morgan fingerprint density at radius 2 is 1.66 bits per heavy atom. The molecule has 0 amide bonds. The summed E-state index contributed by atoms with van der Waals surface area (Å²) >= 11 is 0. The fourth-order valence-corrected chi connectivity index (χ4v) is 4.03. The number of ether oxygens (including phenoxy) is 2. The maximum atomic E-state index is 6.69. The van der Waals surface area contributed by atoms with Gasteiger partial charge in [-0.05, 0) is 61.5 Å². The van der Waals surface area contributed by atoms with Gasteiger partial charge in [0, 0.05) is 6.61 Å². The van der Waals surface area contributed by atoms with Crippen LogP contribution in [0, 0.1) is 0 Å². The fourth-order valence-electron chi connectivity index (χ4n) is 2.63. The van der Waals surface area contributed by atoms with Crippen LogP contribution in [0.25, 0.3) is 0 Å². The van der Waals surface area contributed by atoms with Crippen molar-refractivity contribution >= 4 is 8.32 Å². The summed E-state index contributed by atoms with van der Waals surface area (Å²) in [6.45, 7) is 15.0. The second-order valence-corrected chi connectivity index (χ2v) is 13.8. The topological polar surface area (TPSA) is 27.7 Å². The van der Waals surface area contributed by atoms with E-state index in [4.69, 9.17) is 13.9 Å². The zero-order valence-electron chi connectivity index (χ0n) is 19.7. The van der Waals surface area contributed by atoms with Crippen molar-refractivity contribution in [2.75, 3.05) is 13.7 Å². The number of hydrogen-bond acceptors (Lipinski definition) is 3. The minimum atomic E-state index is -1.80. The monoisotopic (exact) mass is 418 g/mol. The van der Waals surface area contributed by atoms with Crippen LogP contribution in [0.2, 0.25) is 18.1 Å². The number of allylic oxidation sites excluding steroid dienone is 3.